The van der Waals surface area contributed by atoms with Crippen molar-refractivity contribution in [2.24, 2.45) is 5.16 Å². The fourth-order valence-corrected chi connectivity index (χ4v) is 4.05. The highest BCUT2D eigenvalue weighted by atomic mass is 35.5. The van der Waals surface area contributed by atoms with Crippen LogP contribution in [0.2, 0.25) is 5.02 Å². The topological polar surface area (TPSA) is 75.1 Å². The second-order valence-electron chi connectivity index (χ2n) is 7.81. The first kappa shape index (κ1) is 20.3. The van der Waals surface area contributed by atoms with Crippen molar-refractivity contribution in [3.05, 3.63) is 64.9 Å². The zero-order valence-corrected chi connectivity index (χ0v) is 17.5. The van der Waals surface area contributed by atoms with Crippen molar-refractivity contribution < 1.29 is 14.4 Å². The highest BCUT2D eigenvalue weighted by Crippen LogP contribution is 2.34. The number of likely N-dealkylation sites (tertiary alicyclic amines) is 1. The van der Waals surface area contributed by atoms with Crippen molar-refractivity contribution in [2.45, 2.75) is 31.4 Å². The summed E-state index contributed by atoms with van der Waals surface area (Å²) in [7, 11) is 1.72. The number of carbonyl (C=O) groups excluding carboxylic acids is 2. The Morgan fingerprint density at radius 3 is 2.77 bits per heavy atom. The molecule has 2 aromatic rings. The molecule has 30 heavy (non-hydrogen) atoms. The minimum atomic E-state index is -0.642. The van der Waals surface area contributed by atoms with Crippen molar-refractivity contribution in [2.75, 3.05) is 20.1 Å². The quantitative estimate of drug-likeness (QED) is 0.752. The summed E-state index contributed by atoms with van der Waals surface area (Å²) in [5.41, 5.74) is 1.13. The van der Waals surface area contributed by atoms with Crippen LogP contribution >= 0.6 is 11.6 Å². The maximum atomic E-state index is 12.9. The molecular formula is C22H23ClN4O3. The first-order valence-electron chi connectivity index (χ1n) is 9.91. The minimum Gasteiger partial charge on any atom is -0.386 e. The maximum Gasteiger partial charge on any atom is 0.271 e. The van der Waals surface area contributed by atoms with Gasteiger partial charge in [-0.3, -0.25) is 14.6 Å². The van der Waals surface area contributed by atoms with Crippen LogP contribution in [0.25, 0.3) is 0 Å². The Kier molecular flexibility index (Phi) is 5.72. The first-order chi connectivity index (χ1) is 14.5. The summed E-state index contributed by atoms with van der Waals surface area (Å²) in [4.78, 5) is 39.1. The summed E-state index contributed by atoms with van der Waals surface area (Å²) in [5, 5.41) is 4.69. The van der Waals surface area contributed by atoms with Gasteiger partial charge in [-0.15, -0.1) is 0 Å². The fourth-order valence-electron chi connectivity index (χ4n) is 3.93. The number of rotatable bonds is 4. The largest absolute Gasteiger partial charge is 0.386 e. The number of nitrogens with zero attached hydrogens (tertiary/aromatic N) is 4. The number of pyridine rings is 1. The van der Waals surface area contributed by atoms with Crippen LogP contribution < -0.4 is 0 Å². The van der Waals surface area contributed by atoms with Crippen LogP contribution in [-0.2, 0) is 16.2 Å². The van der Waals surface area contributed by atoms with Gasteiger partial charge >= 0.3 is 0 Å². The van der Waals surface area contributed by atoms with E-state index in [1.807, 2.05) is 18.2 Å². The Hall–Kier alpha value is -2.93. The van der Waals surface area contributed by atoms with E-state index in [1.165, 1.54) is 0 Å². The number of hydrogen-bond acceptors (Lipinski definition) is 5. The van der Waals surface area contributed by atoms with Gasteiger partial charge in [-0.2, -0.15) is 0 Å². The third-order valence-corrected chi connectivity index (χ3v) is 5.73. The molecule has 2 amide bonds. The lowest BCUT2D eigenvalue weighted by Gasteiger charge is -2.38. The van der Waals surface area contributed by atoms with Crippen molar-refractivity contribution in [1.82, 2.24) is 14.8 Å². The molecule has 8 heteroatoms. The molecule has 1 atom stereocenters. The Bertz CT molecular complexity index is 964. The summed E-state index contributed by atoms with van der Waals surface area (Å²) in [6, 6.07) is 12.5. The number of aromatic nitrogens is 1. The lowest BCUT2D eigenvalue weighted by atomic mass is 9.87. The van der Waals surface area contributed by atoms with Crippen LogP contribution in [0.1, 0.15) is 35.3 Å². The van der Waals surface area contributed by atoms with Crippen LogP contribution in [0, 0.1) is 0 Å². The van der Waals surface area contributed by atoms with E-state index in [0.29, 0.717) is 42.4 Å². The van der Waals surface area contributed by atoms with Gasteiger partial charge in [0.1, 0.15) is 5.71 Å². The van der Waals surface area contributed by atoms with Gasteiger partial charge in [-0.25, -0.2) is 0 Å². The molecule has 0 bridgehead atoms. The van der Waals surface area contributed by atoms with Gasteiger partial charge in [-0.1, -0.05) is 22.8 Å². The van der Waals surface area contributed by atoms with Crippen LogP contribution in [0.5, 0.6) is 0 Å². The van der Waals surface area contributed by atoms with E-state index in [0.717, 1.165) is 18.5 Å². The Morgan fingerprint density at radius 2 is 2.03 bits per heavy atom. The number of benzene rings is 1. The van der Waals surface area contributed by atoms with Gasteiger partial charge in [0.05, 0.1) is 18.8 Å². The SMILES string of the molecule is CN(Cc1ccccn1)C(=O)C1=NOC2(CCCN(C(=O)c3ccc(Cl)cc3)C2)C1. The lowest BCUT2D eigenvalue weighted by Crippen LogP contribution is -2.51. The molecule has 156 valence electrons. The molecule has 4 rings (SSSR count). The highest BCUT2D eigenvalue weighted by Gasteiger charge is 2.46. The average molecular weight is 427 g/mol. The second kappa shape index (κ2) is 8.44. The molecule has 0 aliphatic carbocycles. The zero-order chi connectivity index (χ0) is 21.1. The lowest BCUT2D eigenvalue weighted by molar-refractivity contribution is -0.123. The van der Waals surface area contributed by atoms with Gasteiger partial charge in [0.15, 0.2) is 5.60 Å². The van der Waals surface area contributed by atoms with E-state index in [1.54, 1.807) is 47.3 Å². The van der Waals surface area contributed by atoms with Crippen molar-refractivity contribution in [1.29, 1.82) is 0 Å². The van der Waals surface area contributed by atoms with Gasteiger partial charge in [0, 0.05) is 36.8 Å². The third kappa shape index (κ3) is 4.31. The Labute approximate surface area is 180 Å². The van der Waals surface area contributed by atoms with Crippen LogP contribution in [0.4, 0.5) is 0 Å². The third-order valence-electron chi connectivity index (χ3n) is 5.48. The fraction of sp³-hybridized carbons (Fsp3) is 0.364. The van der Waals surface area contributed by atoms with E-state index in [-0.39, 0.29) is 11.8 Å². The van der Waals surface area contributed by atoms with E-state index >= 15 is 0 Å². The molecule has 1 aromatic carbocycles. The van der Waals surface area contributed by atoms with Crippen molar-refractivity contribution in [3.8, 4) is 0 Å². The summed E-state index contributed by atoms with van der Waals surface area (Å²) in [6.45, 7) is 1.45. The van der Waals surface area contributed by atoms with Crippen LogP contribution in [0.15, 0.2) is 53.8 Å². The average Bonchev–Trinajstić information content (AvgIpc) is 3.17. The first-order valence-corrected chi connectivity index (χ1v) is 10.3. The van der Waals surface area contributed by atoms with Gasteiger partial charge in [-0.05, 0) is 49.2 Å². The van der Waals surface area contributed by atoms with Crippen LogP contribution in [-0.4, -0.2) is 58.0 Å². The monoisotopic (exact) mass is 426 g/mol. The standard InChI is InChI=1S/C22H23ClN4O3/c1-26(14-18-5-2-3-11-24-18)21(29)19-13-22(30-25-19)10-4-12-27(15-22)20(28)16-6-8-17(23)9-7-16/h2-3,5-9,11H,4,10,12-15H2,1H3. The Balaban J connectivity index is 1.39. The van der Waals surface area contributed by atoms with E-state index in [2.05, 4.69) is 10.1 Å². The zero-order valence-electron chi connectivity index (χ0n) is 16.8. The molecule has 1 aromatic heterocycles. The smallest absolute Gasteiger partial charge is 0.271 e. The number of hydrogen-bond donors (Lipinski definition) is 0. The predicted molar refractivity (Wildman–Crippen MR) is 113 cm³/mol. The molecule has 3 heterocycles. The molecule has 2 aliphatic rings. The minimum absolute atomic E-state index is 0.0682. The molecule has 1 unspecified atom stereocenters. The predicted octanol–water partition coefficient (Wildman–Crippen LogP) is 3.14. The molecular weight excluding hydrogens is 404 g/mol. The molecule has 1 fully saturated rings. The molecule has 1 spiro atoms. The van der Waals surface area contributed by atoms with Crippen molar-refractivity contribution >= 4 is 29.1 Å². The highest BCUT2D eigenvalue weighted by molar-refractivity contribution is 6.39. The van der Waals surface area contributed by atoms with Crippen molar-refractivity contribution in [3.63, 3.8) is 0 Å². The maximum absolute atomic E-state index is 12.9. The molecule has 2 aliphatic heterocycles. The number of halogens is 1. The Morgan fingerprint density at radius 1 is 1.23 bits per heavy atom. The van der Waals surface area contributed by atoms with E-state index < -0.39 is 5.60 Å². The summed E-state index contributed by atoms with van der Waals surface area (Å²) >= 11 is 5.92. The molecule has 7 nitrogen and oxygen atoms in total. The number of carbonyl (C=O) groups is 2. The van der Waals surface area contributed by atoms with Crippen LogP contribution in [0.3, 0.4) is 0 Å². The number of piperidine rings is 1. The summed E-state index contributed by atoms with van der Waals surface area (Å²) < 4.78 is 0. The molecule has 0 N–H and O–H groups in total. The summed E-state index contributed by atoms with van der Waals surface area (Å²) in [5.74, 6) is -0.250. The van der Waals surface area contributed by atoms with Gasteiger partial charge in [0.25, 0.3) is 11.8 Å². The molecule has 0 saturated carbocycles. The number of amides is 2. The molecule has 0 radical (unpaired) electrons. The number of oxime groups is 1. The summed E-state index contributed by atoms with van der Waals surface area (Å²) in [6.07, 6.45) is 3.64. The second-order valence-corrected chi connectivity index (χ2v) is 8.24. The molecule has 1 saturated heterocycles. The van der Waals surface area contributed by atoms with Gasteiger partial charge < -0.3 is 14.6 Å². The normalized spacial score (nSPS) is 20.6. The van der Waals surface area contributed by atoms with E-state index in [9.17, 15) is 9.59 Å². The van der Waals surface area contributed by atoms with E-state index in [4.69, 9.17) is 16.4 Å². The van der Waals surface area contributed by atoms with Gasteiger partial charge in [0.2, 0.25) is 0 Å².